The first kappa shape index (κ1) is 17.2. The lowest BCUT2D eigenvalue weighted by molar-refractivity contribution is 0.0981. The quantitative estimate of drug-likeness (QED) is 0.765. The number of pyridine rings is 1. The van der Waals surface area contributed by atoms with E-state index in [9.17, 15) is 13.2 Å². The van der Waals surface area contributed by atoms with Gasteiger partial charge >= 0.3 is 0 Å². The summed E-state index contributed by atoms with van der Waals surface area (Å²) in [5, 5.41) is 0.585. The molecule has 0 aliphatic carbocycles. The summed E-state index contributed by atoms with van der Waals surface area (Å²) in [6, 6.07) is 5.80. The highest BCUT2D eigenvalue weighted by Gasteiger charge is 2.21. The largest absolute Gasteiger partial charge is 0.268 e. The fourth-order valence-electron chi connectivity index (χ4n) is 1.67. The van der Waals surface area contributed by atoms with Gasteiger partial charge < -0.3 is 0 Å². The molecule has 1 aromatic carbocycles. The monoisotopic (exact) mass is 422 g/mol. The number of nitrogens with one attached hydrogen (secondary N) is 1. The third-order valence-electron chi connectivity index (χ3n) is 2.74. The number of aromatic nitrogens is 1. The zero-order valence-electron chi connectivity index (χ0n) is 11.1. The second-order valence-electron chi connectivity index (χ2n) is 4.34. The van der Waals surface area contributed by atoms with E-state index < -0.39 is 15.9 Å². The Hall–Kier alpha value is -1.15. The van der Waals surface area contributed by atoms with Gasteiger partial charge in [0, 0.05) is 16.8 Å². The third-order valence-corrected chi connectivity index (χ3v) is 5.41. The van der Waals surface area contributed by atoms with Crippen LogP contribution in [0.4, 0.5) is 0 Å². The van der Waals surface area contributed by atoms with Gasteiger partial charge in [0.05, 0.1) is 4.47 Å². The first-order valence-electron chi connectivity index (χ1n) is 5.85. The van der Waals surface area contributed by atoms with E-state index in [1.54, 1.807) is 13.0 Å². The van der Waals surface area contributed by atoms with E-state index in [0.717, 1.165) is 6.20 Å². The van der Waals surface area contributed by atoms with Gasteiger partial charge in [0.2, 0.25) is 0 Å². The Morgan fingerprint density at radius 1 is 1.27 bits per heavy atom. The van der Waals surface area contributed by atoms with Crippen molar-refractivity contribution in [1.82, 2.24) is 9.71 Å². The van der Waals surface area contributed by atoms with Crippen LogP contribution in [-0.2, 0) is 10.0 Å². The smallest absolute Gasteiger partial charge is 0.265 e. The van der Waals surface area contributed by atoms with Crippen molar-refractivity contribution >= 4 is 55.1 Å². The Morgan fingerprint density at radius 2 is 1.95 bits per heavy atom. The highest BCUT2D eigenvalue weighted by molar-refractivity contribution is 9.10. The molecule has 22 heavy (non-hydrogen) atoms. The average molecular weight is 424 g/mol. The molecule has 2 rings (SSSR count). The van der Waals surface area contributed by atoms with E-state index in [-0.39, 0.29) is 15.6 Å². The van der Waals surface area contributed by atoms with Crippen LogP contribution in [0, 0.1) is 6.92 Å². The van der Waals surface area contributed by atoms with Gasteiger partial charge in [-0.05, 0) is 52.7 Å². The molecule has 9 heteroatoms. The molecule has 1 N–H and O–H groups in total. The van der Waals surface area contributed by atoms with E-state index in [2.05, 4.69) is 20.9 Å². The van der Waals surface area contributed by atoms with E-state index >= 15 is 0 Å². The summed E-state index contributed by atoms with van der Waals surface area (Å²) >= 11 is 14.6. The SMILES string of the molecule is Cc1cc(Cl)ccc1C(=O)NS(=O)(=O)c1cnc(Cl)c(Br)c1. The number of carbonyl (C=O) groups is 1. The number of rotatable bonds is 3. The molecule has 116 valence electrons. The van der Waals surface area contributed by atoms with Crippen LogP contribution >= 0.6 is 39.1 Å². The Balaban J connectivity index is 2.31. The van der Waals surface area contributed by atoms with Crippen LogP contribution in [0.2, 0.25) is 10.2 Å². The summed E-state index contributed by atoms with van der Waals surface area (Å²) in [4.78, 5) is 15.7. The van der Waals surface area contributed by atoms with Gasteiger partial charge in [0.1, 0.15) is 10.0 Å². The Morgan fingerprint density at radius 3 is 2.55 bits per heavy atom. The number of hydrogen-bond donors (Lipinski definition) is 1. The lowest BCUT2D eigenvalue weighted by Gasteiger charge is -2.09. The Labute approximate surface area is 145 Å². The molecular weight excluding hydrogens is 415 g/mol. The van der Waals surface area contributed by atoms with Crippen molar-refractivity contribution < 1.29 is 13.2 Å². The van der Waals surface area contributed by atoms with Crippen LogP contribution in [-0.4, -0.2) is 19.3 Å². The van der Waals surface area contributed by atoms with E-state index in [0.29, 0.717) is 15.1 Å². The molecule has 0 aliphatic rings. The molecule has 0 fully saturated rings. The summed E-state index contributed by atoms with van der Waals surface area (Å²) in [6.07, 6.45) is 1.07. The number of benzene rings is 1. The predicted octanol–water partition coefficient (Wildman–Crippen LogP) is 3.58. The van der Waals surface area contributed by atoms with E-state index in [4.69, 9.17) is 23.2 Å². The fourth-order valence-corrected chi connectivity index (χ4v) is 3.44. The first-order chi connectivity index (χ1) is 10.2. The molecule has 0 radical (unpaired) electrons. The summed E-state index contributed by atoms with van der Waals surface area (Å²) in [5.41, 5.74) is 0.782. The van der Waals surface area contributed by atoms with E-state index in [1.165, 1.54) is 18.2 Å². The molecule has 1 heterocycles. The molecule has 1 aromatic heterocycles. The number of nitrogens with zero attached hydrogens (tertiary/aromatic N) is 1. The second-order valence-corrected chi connectivity index (χ2v) is 7.67. The number of sulfonamides is 1. The van der Waals surface area contributed by atoms with Gasteiger partial charge in [-0.25, -0.2) is 18.1 Å². The summed E-state index contributed by atoms with van der Waals surface area (Å²) in [6.45, 7) is 1.66. The molecule has 0 bridgehead atoms. The highest BCUT2D eigenvalue weighted by Crippen LogP contribution is 2.23. The second kappa shape index (κ2) is 6.54. The fraction of sp³-hybridized carbons (Fsp3) is 0.0769. The lowest BCUT2D eigenvalue weighted by atomic mass is 10.1. The minimum Gasteiger partial charge on any atom is -0.268 e. The number of hydrogen-bond acceptors (Lipinski definition) is 4. The average Bonchev–Trinajstić information content (AvgIpc) is 2.40. The van der Waals surface area contributed by atoms with Crippen molar-refractivity contribution in [2.45, 2.75) is 11.8 Å². The highest BCUT2D eigenvalue weighted by atomic mass is 79.9. The maximum absolute atomic E-state index is 12.2. The third kappa shape index (κ3) is 3.78. The van der Waals surface area contributed by atoms with Crippen LogP contribution in [0.25, 0.3) is 0 Å². The maximum Gasteiger partial charge on any atom is 0.265 e. The number of amides is 1. The zero-order chi connectivity index (χ0) is 16.5. The van der Waals surface area contributed by atoms with Crippen LogP contribution in [0.5, 0.6) is 0 Å². The van der Waals surface area contributed by atoms with Gasteiger partial charge in [0.15, 0.2) is 0 Å². The van der Waals surface area contributed by atoms with Crippen molar-refractivity contribution in [2.75, 3.05) is 0 Å². The van der Waals surface area contributed by atoms with Crippen LogP contribution in [0.1, 0.15) is 15.9 Å². The van der Waals surface area contributed by atoms with Gasteiger partial charge in [0.25, 0.3) is 15.9 Å². The van der Waals surface area contributed by atoms with Crippen LogP contribution in [0.15, 0.2) is 39.8 Å². The molecule has 1 amide bonds. The van der Waals surface area contributed by atoms with Crippen molar-refractivity contribution in [1.29, 1.82) is 0 Å². The normalized spacial score (nSPS) is 11.3. The maximum atomic E-state index is 12.2. The number of aryl methyl sites for hydroxylation is 1. The van der Waals surface area contributed by atoms with Crippen molar-refractivity contribution in [2.24, 2.45) is 0 Å². The van der Waals surface area contributed by atoms with Crippen molar-refractivity contribution in [3.8, 4) is 0 Å². The topological polar surface area (TPSA) is 76.1 Å². The molecule has 5 nitrogen and oxygen atoms in total. The molecular formula is C13H9BrCl2N2O3S. The molecule has 0 saturated carbocycles. The predicted molar refractivity (Wildman–Crippen MR) is 87.8 cm³/mol. The summed E-state index contributed by atoms with van der Waals surface area (Å²) in [7, 11) is -4.06. The van der Waals surface area contributed by atoms with Gasteiger partial charge in [-0.2, -0.15) is 0 Å². The van der Waals surface area contributed by atoms with Gasteiger partial charge in [-0.3, -0.25) is 4.79 Å². The summed E-state index contributed by atoms with van der Waals surface area (Å²) in [5.74, 6) is -0.750. The Bertz CT molecular complexity index is 856. The zero-order valence-corrected chi connectivity index (χ0v) is 15.0. The molecule has 0 saturated heterocycles. The molecule has 0 atom stereocenters. The van der Waals surface area contributed by atoms with Crippen LogP contribution < -0.4 is 4.72 Å². The first-order valence-corrected chi connectivity index (χ1v) is 8.88. The minimum atomic E-state index is -4.06. The summed E-state index contributed by atoms with van der Waals surface area (Å²) < 4.78 is 26.7. The number of halogens is 3. The molecule has 0 spiro atoms. The van der Waals surface area contributed by atoms with Crippen molar-refractivity contribution in [3.63, 3.8) is 0 Å². The standard InChI is InChI=1S/C13H9BrCl2N2O3S/c1-7-4-8(15)2-3-10(7)13(19)18-22(20,21)9-5-11(14)12(16)17-6-9/h2-6H,1H3,(H,18,19). The van der Waals surface area contributed by atoms with Gasteiger partial charge in [-0.1, -0.05) is 23.2 Å². The Kier molecular flexibility index (Phi) is 5.11. The van der Waals surface area contributed by atoms with Crippen molar-refractivity contribution in [3.05, 3.63) is 56.2 Å². The van der Waals surface area contributed by atoms with Gasteiger partial charge in [-0.15, -0.1) is 0 Å². The minimum absolute atomic E-state index is 0.124. The number of carbonyl (C=O) groups excluding carboxylic acids is 1. The molecule has 0 aliphatic heterocycles. The van der Waals surface area contributed by atoms with E-state index in [1.807, 2.05) is 4.72 Å². The molecule has 2 aromatic rings. The van der Waals surface area contributed by atoms with Crippen LogP contribution in [0.3, 0.4) is 0 Å². The molecule has 0 unspecified atom stereocenters. The lowest BCUT2D eigenvalue weighted by Crippen LogP contribution is -2.31.